The second-order valence-corrected chi connectivity index (χ2v) is 11.7. The van der Waals surface area contributed by atoms with Gasteiger partial charge in [0.15, 0.2) is 0 Å². The number of nitrogens with one attached hydrogen (secondary N) is 3. The zero-order chi connectivity index (χ0) is 27.6. The molecule has 0 aromatic rings. The van der Waals surface area contributed by atoms with Crippen LogP contribution in [0, 0.1) is 17.8 Å². The van der Waals surface area contributed by atoms with Crippen LogP contribution in [-0.2, 0) is 19.2 Å². The lowest BCUT2D eigenvalue weighted by Gasteiger charge is -2.33. The number of hydrogen-bond acceptors (Lipinski definition) is 6. The number of hydrogen-bond donors (Lipinski definition) is 4. The maximum Gasteiger partial charge on any atom is 0.329 e. The van der Waals surface area contributed by atoms with Crippen LogP contribution in [0.25, 0.3) is 0 Å². The van der Waals surface area contributed by atoms with E-state index in [1.54, 1.807) is 0 Å². The van der Waals surface area contributed by atoms with Crippen molar-refractivity contribution in [2.45, 2.75) is 85.4 Å². The van der Waals surface area contributed by atoms with Gasteiger partial charge < -0.3 is 26.0 Å². The first-order chi connectivity index (χ1) is 16.6. The van der Waals surface area contributed by atoms with E-state index in [4.69, 9.17) is 0 Å². The van der Waals surface area contributed by atoms with E-state index in [2.05, 4.69) is 25.8 Å². The standard InChI is InChI=1S/C26H49N5O5/c1-17(2)13-20(27-22(32)16-31-11-9-30(8)10-12-31)23(33)28-21(14-18(3)4)24(34)29-26(7,25(35)36)15-19(5)6/h17-21H,9-16H2,1-8H3,(H,27,32)(H,28,33)(H,29,34)(H,35,36)/t20-,21-,26-/m0/s1. The van der Waals surface area contributed by atoms with Gasteiger partial charge in [-0.25, -0.2) is 4.79 Å². The molecule has 1 aliphatic heterocycles. The van der Waals surface area contributed by atoms with Crippen molar-refractivity contribution in [1.29, 1.82) is 0 Å². The second kappa shape index (κ2) is 14.5. The van der Waals surface area contributed by atoms with Gasteiger partial charge in [0.1, 0.15) is 17.6 Å². The molecule has 3 amide bonds. The summed E-state index contributed by atoms with van der Waals surface area (Å²) in [6, 6.07) is -1.69. The Hall–Kier alpha value is -2.20. The van der Waals surface area contributed by atoms with E-state index < -0.39 is 35.4 Å². The van der Waals surface area contributed by atoms with E-state index >= 15 is 0 Å². The number of carboxylic acids is 1. The number of nitrogens with zero attached hydrogens (tertiary/aromatic N) is 2. The minimum atomic E-state index is -1.45. The molecule has 4 N–H and O–H groups in total. The van der Waals surface area contributed by atoms with Gasteiger partial charge >= 0.3 is 5.97 Å². The average Bonchev–Trinajstić information content (AvgIpc) is 2.73. The van der Waals surface area contributed by atoms with Crippen LogP contribution in [0.5, 0.6) is 0 Å². The van der Waals surface area contributed by atoms with Crippen LogP contribution >= 0.6 is 0 Å². The van der Waals surface area contributed by atoms with Gasteiger partial charge in [0.25, 0.3) is 0 Å². The highest BCUT2D eigenvalue weighted by molar-refractivity contribution is 5.94. The van der Waals surface area contributed by atoms with Gasteiger partial charge in [0.05, 0.1) is 6.54 Å². The molecule has 0 unspecified atom stereocenters. The fourth-order valence-corrected chi connectivity index (χ4v) is 4.49. The summed E-state index contributed by atoms with van der Waals surface area (Å²) in [5, 5.41) is 18.1. The molecule has 0 aromatic carbocycles. The van der Waals surface area contributed by atoms with E-state index in [0.717, 1.165) is 26.2 Å². The van der Waals surface area contributed by atoms with E-state index in [1.165, 1.54) is 6.92 Å². The molecule has 10 heteroatoms. The molecule has 1 rings (SSSR count). The fourth-order valence-electron chi connectivity index (χ4n) is 4.49. The Bertz CT molecular complexity index is 749. The molecule has 10 nitrogen and oxygen atoms in total. The van der Waals surface area contributed by atoms with Crippen molar-refractivity contribution < 1.29 is 24.3 Å². The summed E-state index contributed by atoms with van der Waals surface area (Å²) in [5.74, 6) is -2.03. The normalized spacial score (nSPS) is 18.5. The molecule has 1 fully saturated rings. The fraction of sp³-hybridized carbons (Fsp3) is 0.846. The number of carbonyl (C=O) groups is 4. The Morgan fingerprint density at radius 3 is 1.75 bits per heavy atom. The molecule has 1 saturated heterocycles. The lowest BCUT2D eigenvalue weighted by Crippen LogP contribution is -2.60. The van der Waals surface area contributed by atoms with E-state index in [9.17, 15) is 24.3 Å². The van der Waals surface area contributed by atoms with Gasteiger partial charge in [0, 0.05) is 26.2 Å². The number of carboxylic acid groups (broad SMARTS) is 1. The molecule has 208 valence electrons. The molecule has 0 aromatic heterocycles. The van der Waals surface area contributed by atoms with E-state index in [-0.39, 0.29) is 36.6 Å². The van der Waals surface area contributed by atoms with Crippen molar-refractivity contribution in [3.05, 3.63) is 0 Å². The van der Waals surface area contributed by atoms with Crippen LogP contribution < -0.4 is 16.0 Å². The first kappa shape index (κ1) is 31.8. The van der Waals surface area contributed by atoms with Gasteiger partial charge in [-0.3, -0.25) is 19.3 Å². The third-order valence-electron chi connectivity index (χ3n) is 6.35. The van der Waals surface area contributed by atoms with Crippen LogP contribution in [0.1, 0.15) is 67.7 Å². The number of rotatable bonds is 14. The average molecular weight is 512 g/mol. The maximum atomic E-state index is 13.3. The largest absolute Gasteiger partial charge is 0.480 e. The minimum absolute atomic E-state index is 0.0514. The van der Waals surface area contributed by atoms with Gasteiger partial charge in [-0.1, -0.05) is 41.5 Å². The zero-order valence-corrected chi connectivity index (χ0v) is 23.5. The monoisotopic (exact) mass is 511 g/mol. The Balaban J connectivity index is 2.94. The van der Waals surface area contributed by atoms with Crippen LogP contribution in [0.2, 0.25) is 0 Å². The molecule has 0 aliphatic carbocycles. The molecule has 0 bridgehead atoms. The summed E-state index contributed by atoms with van der Waals surface area (Å²) >= 11 is 0. The number of piperazine rings is 1. The van der Waals surface area contributed by atoms with Gasteiger partial charge in [-0.05, 0) is 51.0 Å². The summed E-state index contributed by atoms with van der Waals surface area (Å²) in [6.45, 7) is 16.7. The van der Waals surface area contributed by atoms with Crippen molar-refractivity contribution in [2.24, 2.45) is 17.8 Å². The first-order valence-electron chi connectivity index (χ1n) is 13.2. The summed E-state index contributed by atoms with van der Waals surface area (Å²) in [5.41, 5.74) is -1.45. The second-order valence-electron chi connectivity index (χ2n) is 11.7. The van der Waals surface area contributed by atoms with Crippen LogP contribution in [0.4, 0.5) is 0 Å². The Kier molecular flexibility index (Phi) is 12.8. The van der Waals surface area contributed by atoms with Crippen molar-refractivity contribution in [3.8, 4) is 0 Å². The first-order valence-corrected chi connectivity index (χ1v) is 13.2. The van der Waals surface area contributed by atoms with Crippen molar-refractivity contribution in [3.63, 3.8) is 0 Å². The maximum absolute atomic E-state index is 13.3. The zero-order valence-electron chi connectivity index (χ0n) is 23.5. The van der Waals surface area contributed by atoms with Crippen molar-refractivity contribution in [1.82, 2.24) is 25.8 Å². The third kappa shape index (κ3) is 11.2. The van der Waals surface area contributed by atoms with Crippen molar-refractivity contribution >= 4 is 23.7 Å². The summed E-state index contributed by atoms with van der Waals surface area (Å²) in [7, 11) is 2.05. The summed E-state index contributed by atoms with van der Waals surface area (Å²) < 4.78 is 0. The van der Waals surface area contributed by atoms with Crippen molar-refractivity contribution in [2.75, 3.05) is 39.8 Å². The highest BCUT2D eigenvalue weighted by Gasteiger charge is 2.38. The Morgan fingerprint density at radius 1 is 0.806 bits per heavy atom. The lowest BCUT2D eigenvalue weighted by atomic mass is 9.90. The number of carbonyl (C=O) groups excluding carboxylic acids is 3. The van der Waals surface area contributed by atoms with Crippen LogP contribution in [-0.4, -0.2) is 96.0 Å². The molecule has 1 aliphatic rings. The lowest BCUT2D eigenvalue weighted by molar-refractivity contribution is -0.148. The van der Waals surface area contributed by atoms with Gasteiger partial charge in [-0.2, -0.15) is 0 Å². The highest BCUT2D eigenvalue weighted by Crippen LogP contribution is 2.18. The quantitative estimate of drug-likeness (QED) is 0.276. The molecule has 1 heterocycles. The topological polar surface area (TPSA) is 131 Å². The molecule has 3 atom stereocenters. The number of likely N-dealkylation sites (N-methyl/N-ethyl adjacent to an activating group) is 1. The predicted octanol–water partition coefficient (Wildman–Crippen LogP) is 1.30. The molecule has 36 heavy (non-hydrogen) atoms. The summed E-state index contributed by atoms with van der Waals surface area (Å²) in [4.78, 5) is 55.4. The molecule has 0 radical (unpaired) electrons. The van der Waals surface area contributed by atoms with Gasteiger partial charge in [0.2, 0.25) is 17.7 Å². The van der Waals surface area contributed by atoms with E-state index in [1.807, 2.05) is 48.6 Å². The molecular weight excluding hydrogens is 462 g/mol. The summed E-state index contributed by atoms with van der Waals surface area (Å²) in [6.07, 6.45) is 1.03. The smallest absolute Gasteiger partial charge is 0.329 e. The van der Waals surface area contributed by atoms with E-state index in [0.29, 0.717) is 12.8 Å². The minimum Gasteiger partial charge on any atom is -0.480 e. The van der Waals surface area contributed by atoms with Crippen LogP contribution in [0.15, 0.2) is 0 Å². The Labute approximate surface area is 216 Å². The number of aliphatic carboxylic acids is 1. The highest BCUT2D eigenvalue weighted by atomic mass is 16.4. The van der Waals surface area contributed by atoms with Gasteiger partial charge in [-0.15, -0.1) is 0 Å². The number of amides is 3. The Morgan fingerprint density at radius 2 is 1.31 bits per heavy atom. The third-order valence-corrected chi connectivity index (χ3v) is 6.35. The molecule has 0 spiro atoms. The SMILES string of the molecule is CC(C)C[C@H](NC(=O)CN1CCN(C)CC1)C(=O)N[C@@H](CC(C)C)C(=O)N[C@@](C)(CC(C)C)C(=O)O. The predicted molar refractivity (Wildman–Crippen MR) is 140 cm³/mol. The molecular formula is C26H49N5O5. The molecule has 0 saturated carbocycles. The van der Waals surface area contributed by atoms with Crippen LogP contribution in [0.3, 0.4) is 0 Å².